The first-order valence-electron chi connectivity index (χ1n) is 7.68. The molecule has 3 heteroatoms. The van der Waals surface area contributed by atoms with Crippen LogP contribution in [0.5, 0.6) is 0 Å². The molecule has 0 radical (unpaired) electrons. The van der Waals surface area contributed by atoms with Crippen molar-refractivity contribution in [1.82, 2.24) is 10.2 Å². The van der Waals surface area contributed by atoms with Crippen LogP contribution >= 0.6 is 0 Å². The second-order valence-corrected chi connectivity index (χ2v) is 6.42. The molecule has 0 spiro atoms. The van der Waals surface area contributed by atoms with E-state index in [1.807, 2.05) is 0 Å². The highest BCUT2D eigenvalue weighted by atomic mass is 16.2. The van der Waals surface area contributed by atoms with E-state index in [1.54, 1.807) is 0 Å². The first kappa shape index (κ1) is 13.9. The van der Waals surface area contributed by atoms with E-state index in [1.165, 1.54) is 51.4 Å². The smallest absolute Gasteiger partial charge is 0.236 e. The molecule has 1 saturated heterocycles. The van der Waals surface area contributed by atoms with Crippen LogP contribution in [0, 0.1) is 5.41 Å². The van der Waals surface area contributed by atoms with Crippen molar-refractivity contribution in [2.75, 3.05) is 26.2 Å². The maximum absolute atomic E-state index is 12.1. The molecular weight excluding hydrogens is 224 g/mol. The van der Waals surface area contributed by atoms with E-state index in [2.05, 4.69) is 17.1 Å². The third kappa shape index (κ3) is 3.98. The SMILES string of the molecule is CC1(CNCC(=O)N2CCCCCC2)CCCC1. The first-order valence-corrected chi connectivity index (χ1v) is 7.68. The van der Waals surface area contributed by atoms with Crippen LogP contribution in [0.25, 0.3) is 0 Å². The summed E-state index contributed by atoms with van der Waals surface area (Å²) in [5, 5.41) is 3.39. The van der Waals surface area contributed by atoms with Gasteiger partial charge in [0.2, 0.25) is 5.91 Å². The van der Waals surface area contributed by atoms with Gasteiger partial charge in [-0.15, -0.1) is 0 Å². The monoisotopic (exact) mass is 252 g/mol. The number of amides is 1. The van der Waals surface area contributed by atoms with Crippen molar-refractivity contribution < 1.29 is 4.79 Å². The lowest BCUT2D eigenvalue weighted by molar-refractivity contribution is -0.130. The fourth-order valence-corrected chi connectivity index (χ4v) is 3.31. The fraction of sp³-hybridized carbons (Fsp3) is 0.933. The summed E-state index contributed by atoms with van der Waals surface area (Å²) in [5.74, 6) is 0.304. The summed E-state index contributed by atoms with van der Waals surface area (Å²) >= 11 is 0. The highest BCUT2D eigenvalue weighted by Crippen LogP contribution is 2.36. The molecular formula is C15H28N2O. The highest BCUT2D eigenvalue weighted by molar-refractivity contribution is 5.78. The van der Waals surface area contributed by atoms with Gasteiger partial charge in [-0.2, -0.15) is 0 Å². The van der Waals surface area contributed by atoms with Gasteiger partial charge in [-0.3, -0.25) is 4.79 Å². The van der Waals surface area contributed by atoms with Gasteiger partial charge in [-0.05, 0) is 31.1 Å². The zero-order valence-electron chi connectivity index (χ0n) is 11.8. The van der Waals surface area contributed by atoms with Crippen molar-refractivity contribution in [2.45, 2.75) is 58.3 Å². The van der Waals surface area contributed by atoms with Crippen LogP contribution in [-0.2, 0) is 4.79 Å². The molecule has 0 aromatic carbocycles. The molecule has 18 heavy (non-hydrogen) atoms. The van der Waals surface area contributed by atoms with E-state index in [0.717, 1.165) is 19.6 Å². The van der Waals surface area contributed by atoms with Crippen LogP contribution in [0.3, 0.4) is 0 Å². The van der Waals surface area contributed by atoms with Crippen molar-refractivity contribution in [3.63, 3.8) is 0 Å². The molecule has 3 nitrogen and oxygen atoms in total. The molecule has 0 atom stereocenters. The standard InChI is InChI=1S/C15H28N2O/c1-15(8-4-5-9-15)13-16-12-14(18)17-10-6-2-3-7-11-17/h16H,2-13H2,1H3. The van der Waals surface area contributed by atoms with Crippen LogP contribution in [-0.4, -0.2) is 37.0 Å². The molecule has 0 aromatic rings. The molecule has 104 valence electrons. The van der Waals surface area contributed by atoms with Crippen LogP contribution in [0.4, 0.5) is 0 Å². The number of carbonyl (C=O) groups excluding carboxylic acids is 1. The minimum atomic E-state index is 0.304. The van der Waals surface area contributed by atoms with Gasteiger partial charge in [0.1, 0.15) is 0 Å². The molecule has 0 aromatic heterocycles. The van der Waals surface area contributed by atoms with E-state index in [4.69, 9.17) is 0 Å². The third-order valence-electron chi connectivity index (χ3n) is 4.60. The average Bonchev–Trinajstić information content (AvgIpc) is 2.64. The summed E-state index contributed by atoms with van der Waals surface area (Å²) in [6.45, 7) is 5.83. The van der Waals surface area contributed by atoms with Gasteiger partial charge in [0.25, 0.3) is 0 Å². The van der Waals surface area contributed by atoms with Gasteiger partial charge < -0.3 is 10.2 Å². The Morgan fingerprint density at radius 1 is 1.06 bits per heavy atom. The summed E-state index contributed by atoms with van der Waals surface area (Å²) in [5.41, 5.74) is 0.444. The third-order valence-corrected chi connectivity index (χ3v) is 4.60. The number of carbonyl (C=O) groups is 1. The lowest BCUT2D eigenvalue weighted by Gasteiger charge is -2.25. The van der Waals surface area contributed by atoms with Crippen molar-refractivity contribution in [1.29, 1.82) is 0 Å². The second-order valence-electron chi connectivity index (χ2n) is 6.42. The number of nitrogens with one attached hydrogen (secondary N) is 1. The molecule has 1 saturated carbocycles. The molecule has 1 aliphatic carbocycles. The van der Waals surface area contributed by atoms with Gasteiger partial charge >= 0.3 is 0 Å². The predicted molar refractivity (Wildman–Crippen MR) is 74.5 cm³/mol. The molecule has 2 rings (SSSR count). The molecule has 0 bridgehead atoms. The normalized spacial score (nSPS) is 23.9. The molecule has 1 N–H and O–H groups in total. The summed E-state index contributed by atoms with van der Waals surface area (Å²) in [4.78, 5) is 14.1. The molecule has 2 fully saturated rings. The Morgan fingerprint density at radius 2 is 1.67 bits per heavy atom. The lowest BCUT2D eigenvalue weighted by atomic mass is 9.89. The van der Waals surface area contributed by atoms with Crippen molar-refractivity contribution in [2.24, 2.45) is 5.41 Å². The molecule has 1 amide bonds. The largest absolute Gasteiger partial charge is 0.342 e. The topological polar surface area (TPSA) is 32.3 Å². The van der Waals surface area contributed by atoms with Crippen molar-refractivity contribution in [3.8, 4) is 0 Å². The van der Waals surface area contributed by atoms with Gasteiger partial charge in [-0.25, -0.2) is 0 Å². The van der Waals surface area contributed by atoms with Gasteiger partial charge in [0.15, 0.2) is 0 Å². The summed E-state index contributed by atoms with van der Waals surface area (Å²) in [7, 11) is 0. The number of rotatable bonds is 4. The zero-order valence-corrected chi connectivity index (χ0v) is 11.8. The predicted octanol–water partition coefficient (Wildman–Crippen LogP) is 2.56. The van der Waals surface area contributed by atoms with Gasteiger partial charge in [0, 0.05) is 19.6 Å². The number of hydrogen-bond acceptors (Lipinski definition) is 2. The van der Waals surface area contributed by atoms with Crippen LogP contribution in [0.15, 0.2) is 0 Å². The zero-order chi connectivity index (χ0) is 12.8. The summed E-state index contributed by atoms with van der Waals surface area (Å²) in [6.07, 6.45) is 10.3. The average molecular weight is 252 g/mol. The van der Waals surface area contributed by atoms with E-state index < -0.39 is 0 Å². The minimum Gasteiger partial charge on any atom is -0.342 e. The maximum atomic E-state index is 12.1. The Balaban J connectivity index is 1.67. The molecule has 1 heterocycles. The van der Waals surface area contributed by atoms with Crippen LogP contribution in [0.1, 0.15) is 58.3 Å². The molecule has 2 aliphatic rings. The van der Waals surface area contributed by atoms with Crippen LogP contribution in [0.2, 0.25) is 0 Å². The second kappa shape index (κ2) is 6.55. The highest BCUT2D eigenvalue weighted by Gasteiger charge is 2.28. The van der Waals surface area contributed by atoms with Crippen molar-refractivity contribution in [3.05, 3.63) is 0 Å². The Bertz CT molecular complexity index is 264. The van der Waals surface area contributed by atoms with E-state index in [0.29, 0.717) is 17.9 Å². The number of likely N-dealkylation sites (tertiary alicyclic amines) is 1. The molecule has 1 aliphatic heterocycles. The Kier molecular flexibility index (Phi) is 5.04. The summed E-state index contributed by atoms with van der Waals surface area (Å²) in [6, 6.07) is 0. The Labute approximate surface area is 111 Å². The van der Waals surface area contributed by atoms with E-state index in [-0.39, 0.29) is 0 Å². The van der Waals surface area contributed by atoms with Crippen molar-refractivity contribution >= 4 is 5.91 Å². The molecule has 0 unspecified atom stereocenters. The Hall–Kier alpha value is -0.570. The van der Waals surface area contributed by atoms with E-state index in [9.17, 15) is 4.79 Å². The van der Waals surface area contributed by atoms with Gasteiger partial charge in [-0.1, -0.05) is 32.6 Å². The fourth-order valence-electron chi connectivity index (χ4n) is 3.31. The van der Waals surface area contributed by atoms with E-state index >= 15 is 0 Å². The minimum absolute atomic E-state index is 0.304. The number of nitrogens with zero attached hydrogens (tertiary/aromatic N) is 1. The van der Waals surface area contributed by atoms with Crippen LogP contribution < -0.4 is 5.32 Å². The lowest BCUT2D eigenvalue weighted by Crippen LogP contribution is -2.41. The number of hydrogen-bond donors (Lipinski definition) is 1. The maximum Gasteiger partial charge on any atom is 0.236 e. The summed E-state index contributed by atoms with van der Waals surface area (Å²) < 4.78 is 0. The quantitative estimate of drug-likeness (QED) is 0.834. The Morgan fingerprint density at radius 3 is 2.28 bits per heavy atom. The first-order chi connectivity index (χ1) is 8.70. The van der Waals surface area contributed by atoms with Gasteiger partial charge in [0.05, 0.1) is 6.54 Å².